The number of para-hydroxylation sites is 2. The molecule has 12 aromatic rings. The molecule has 12 rings (SSSR count). The van der Waals surface area contributed by atoms with E-state index in [0.717, 1.165) is 44.0 Å². The summed E-state index contributed by atoms with van der Waals surface area (Å²) in [5, 5.41) is 13.2. The smallest absolute Gasteiger partial charge is 0.235 e. The van der Waals surface area contributed by atoms with Gasteiger partial charge in [-0.15, -0.1) is 0 Å². The van der Waals surface area contributed by atoms with Crippen LogP contribution >= 0.6 is 0 Å². The average molecular weight is 635 g/mol. The Kier molecular flexibility index (Phi) is 4.94. The van der Waals surface area contributed by atoms with Crippen molar-refractivity contribution < 1.29 is 0 Å². The van der Waals surface area contributed by atoms with Gasteiger partial charge in [-0.3, -0.25) is 4.57 Å². The Morgan fingerprint density at radius 3 is 1.86 bits per heavy atom. The summed E-state index contributed by atoms with van der Waals surface area (Å²) in [7, 11) is 0. The van der Waals surface area contributed by atoms with Crippen molar-refractivity contribution in [3.63, 3.8) is 0 Å². The van der Waals surface area contributed by atoms with E-state index >= 15 is 0 Å². The fraction of sp³-hybridized carbons (Fsp3) is 0. The lowest BCUT2D eigenvalue weighted by Crippen LogP contribution is -2.04. The normalized spacial score (nSPS) is 12.4. The van der Waals surface area contributed by atoms with Crippen molar-refractivity contribution in [3.05, 3.63) is 158 Å². The van der Waals surface area contributed by atoms with Crippen LogP contribution in [0.15, 0.2) is 158 Å². The second-order valence-corrected chi connectivity index (χ2v) is 13.4. The highest BCUT2D eigenvalue weighted by Gasteiger charge is 2.25. The Morgan fingerprint density at radius 1 is 0.380 bits per heavy atom. The van der Waals surface area contributed by atoms with Crippen LogP contribution in [0, 0.1) is 0 Å². The third kappa shape index (κ3) is 3.30. The lowest BCUT2D eigenvalue weighted by Gasteiger charge is -2.13. The van der Waals surface area contributed by atoms with Crippen molar-refractivity contribution in [1.29, 1.82) is 0 Å². The minimum Gasteiger partial charge on any atom is -0.308 e. The van der Waals surface area contributed by atoms with Crippen LogP contribution in [0.4, 0.5) is 0 Å². The van der Waals surface area contributed by atoms with Gasteiger partial charge in [-0.25, -0.2) is 9.97 Å². The zero-order valence-electron chi connectivity index (χ0n) is 26.8. The van der Waals surface area contributed by atoms with Crippen LogP contribution in [0.2, 0.25) is 0 Å². The van der Waals surface area contributed by atoms with Gasteiger partial charge in [0.05, 0.1) is 38.8 Å². The molecule has 0 bridgehead atoms. The van der Waals surface area contributed by atoms with Gasteiger partial charge in [0, 0.05) is 48.7 Å². The number of nitrogens with zero attached hydrogens (tertiary/aromatic N) is 4. The van der Waals surface area contributed by atoms with E-state index in [2.05, 4.69) is 167 Å². The Morgan fingerprint density at radius 2 is 1.04 bits per heavy atom. The van der Waals surface area contributed by atoms with Gasteiger partial charge in [-0.05, 0) is 52.6 Å². The van der Waals surface area contributed by atoms with Crippen LogP contribution in [0.3, 0.4) is 0 Å². The summed E-state index contributed by atoms with van der Waals surface area (Å²) in [6, 6.07) is 56.8. The second-order valence-electron chi connectivity index (χ2n) is 13.4. The minimum absolute atomic E-state index is 0.671. The molecule has 0 spiro atoms. The molecule has 0 amide bonds. The van der Waals surface area contributed by atoms with E-state index in [1.807, 2.05) is 0 Å². The van der Waals surface area contributed by atoms with E-state index in [1.54, 1.807) is 0 Å². The number of benzene rings is 8. The Balaban J connectivity index is 1.35. The van der Waals surface area contributed by atoms with Crippen molar-refractivity contribution >= 4 is 92.3 Å². The summed E-state index contributed by atoms with van der Waals surface area (Å²) < 4.78 is 4.79. The lowest BCUT2D eigenvalue weighted by atomic mass is 10.0. The van der Waals surface area contributed by atoms with Crippen molar-refractivity contribution in [3.8, 4) is 17.2 Å². The Labute approximate surface area is 285 Å². The van der Waals surface area contributed by atoms with Crippen molar-refractivity contribution in [1.82, 2.24) is 18.9 Å². The molecule has 4 aromatic heterocycles. The average Bonchev–Trinajstić information content (AvgIpc) is 3.81. The molecule has 0 atom stereocenters. The quantitative estimate of drug-likeness (QED) is 0.177. The van der Waals surface area contributed by atoms with E-state index in [9.17, 15) is 0 Å². The summed E-state index contributed by atoms with van der Waals surface area (Å²) >= 11 is 0. The third-order valence-electron chi connectivity index (χ3n) is 10.8. The maximum absolute atomic E-state index is 5.50. The first-order chi connectivity index (χ1) is 24.8. The van der Waals surface area contributed by atoms with Crippen LogP contribution in [0.5, 0.6) is 0 Å². The van der Waals surface area contributed by atoms with Crippen LogP contribution < -0.4 is 0 Å². The number of hydrogen-bond donors (Lipinski definition) is 0. The van der Waals surface area contributed by atoms with Gasteiger partial charge < -0.3 is 4.40 Å². The maximum atomic E-state index is 5.50. The predicted molar refractivity (Wildman–Crippen MR) is 209 cm³/mol. The molecule has 4 heteroatoms. The van der Waals surface area contributed by atoms with Crippen molar-refractivity contribution in [2.45, 2.75) is 0 Å². The molecule has 0 N–H and O–H groups in total. The monoisotopic (exact) mass is 634 g/mol. The first-order valence-corrected chi connectivity index (χ1v) is 17.1. The molecular formula is C46H26N4. The molecule has 0 saturated carbocycles. The SMILES string of the molecule is c1ccc(-c2nc(-n3c4cc5ccccc5cc4c4c5c6ccccc6n6c7ccccc7c(cc43)c56)nc3c2ccc2ccccc23)cc1. The summed E-state index contributed by atoms with van der Waals surface area (Å²) in [4.78, 5) is 11.0. The molecule has 4 nitrogen and oxygen atoms in total. The number of rotatable bonds is 2. The Bertz CT molecular complexity index is 3370. The predicted octanol–water partition coefficient (Wildman–Crippen LogP) is 11.9. The molecule has 0 unspecified atom stereocenters. The minimum atomic E-state index is 0.671. The summed E-state index contributed by atoms with van der Waals surface area (Å²) in [6.45, 7) is 0. The van der Waals surface area contributed by atoms with Crippen molar-refractivity contribution in [2.75, 3.05) is 0 Å². The largest absolute Gasteiger partial charge is 0.308 e. The summed E-state index contributed by atoms with van der Waals surface area (Å²) in [5.41, 5.74) is 8.88. The Hall–Kier alpha value is -6.78. The van der Waals surface area contributed by atoms with Crippen molar-refractivity contribution in [2.24, 2.45) is 0 Å². The van der Waals surface area contributed by atoms with Gasteiger partial charge in [0.25, 0.3) is 0 Å². The topological polar surface area (TPSA) is 35.1 Å². The van der Waals surface area contributed by atoms with E-state index in [1.165, 1.54) is 59.6 Å². The van der Waals surface area contributed by atoms with Gasteiger partial charge in [0.15, 0.2) is 0 Å². The molecule has 4 heterocycles. The maximum Gasteiger partial charge on any atom is 0.235 e. The highest BCUT2D eigenvalue weighted by atomic mass is 15.2. The van der Waals surface area contributed by atoms with Gasteiger partial charge in [-0.2, -0.15) is 0 Å². The zero-order chi connectivity index (χ0) is 32.5. The molecule has 0 fully saturated rings. The number of aromatic nitrogens is 4. The van der Waals surface area contributed by atoms with Gasteiger partial charge in [-0.1, -0.05) is 121 Å². The molecule has 0 aliphatic rings. The molecule has 8 aromatic carbocycles. The van der Waals surface area contributed by atoms with Gasteiger partial charge in [0.2, 0.25) is 5.95 Å². The fourth-order valence-corrected chi connectivity index (χ4v) is 8.68. The number of hydrogen-bond acceptors (Lipinski definition) is 2. The first kappa shape index (κ1) is 26.2. The van der Waals surface area contributed by atoms with Crippen LogP contribution in [0.1, 0.15) is 0 Å². The van der Waals surface area contributed by atoms with Gasteiger partial charge >= 0.3 is 0 Å². The van der Waals surface area contributed by atoms with E-state index in [0.29, 0.717) is 5.95 Å². The number of fused-ring (bicyclic) bond motifs is 14. The molecule has 0 aliphatic carbocycles. The van der Waals surface area contributed by atoms with E-state index < -0.39 is 0 Å². The fourth-order valence-electron chi connectivity index (χ4n) is 8.68. The molecule has 0 radical (unpaired) electrons. The second kappa shape index (κ2) is 9.43. The van der Waals surface area contributed by atoms with E-state index in [4.69, 9.17) is 9.97 Å². The third-order valence-corrected chi connectivity index (χ3v) is 10.8. The highest BCUT2D eigenvalue weighted by Crippen LogP contribution is 2.47. The summed E-state index contributed by atoms with van der Waals surface area (Å²) in [6.07, 6.45) is 0. The zero-order valence-corrected chi connectivity index (χ0v) is 26.8. The lowest BCUT2D eigenvalue weighted by molar-refractivity contribution is 1.02. The standard InChI is InChI=1S/C46H26N4/c1-2-13-28(14-3-1)43-34-23-22-27-12-6-7-17-31(27)44(34)48-46(47-43)50-39-25-30-16-5-4-15-29(30)24-36(39)41-40(50)26-35-32-18-8-10-20-37(32)49-38-21-11-9-19-33(38)42(41)45(35)49/h1-26H. The van der Waals surface area contributed by atoms with Crippen LogP contribution in [-0.2, 0) is 0 Å². The molecular weight excluding hydrogens is 609 g/mol. The highest BCUT2D eigenvalue weighted by molar-refractivity contribution is 6.36. The molecule has 230 valence electrons. The first-order valence-electron chi connectivity index (χ1n) is 17.1. The summed E-state index contributed by atoms with van der Waals surface area (Å²) in [5.74, 6) is 0.671. The van der Waals surface area contributed by atoms with Crippen LogP contribution in [0.25, 0.3) is 110 Å². The molecule has 0 aliphatic heterocycles. The molecule has 50 heavy (non-hydrogen) atoms. The van der Waals surface area contributed by atoms with Gasteiger partial charge in [0.1, 0.15) is 0 Å². The molecule has 0 saturated heterocycles. The van der Waals surface area contributed by atoms with Crippen LogP contribution in [-0.4, -0.2) is 18.9 Å². The van der Waals surface area contributed by atoms with E-state index in [-0.39, 0.29) is 0 Å².